The second kappa shape index (κ2) is 6.25. The van der Waals surface area contributed by atoms with Crippen LogP contribution < -0.4 is 0 Å². The van der Waals surface area contributed by atoms with E-state index in [1.165, 1.54) is 10.8 Å². The highest BCUT2D eigenvalue weighted by atomic mass is 16.5. The van der Waals surface area contributed by atoms with Gasteiger partial charge < -0.3 is 9.84 Å². The van der Waals surface area contributed by atoms with Gasteiger partial charge in [0, 0.05) is 0 Å². The van der Waals surface area contributed by atoms with Crippen LogP contribution >= 0.6 is 0 Å². The maximum Gasteiger partial charge on any atom is 0.0957 e. The summed E-state index contributed by atoms with van der Waals surface area (Å²) in [5.74, 6) is 0.373. The topological polar surface area (TPSA) is 29.5 Å². The van der Waals surface area contributed by atoms with Crippen LogP contribution in [0.2, 0.25) is 0 Å². The Kier molecular flexibility index (Phi) is 4.18. The van der Waals surface area contributed by atoms with Crippen LogP contribution in [0.15, 0.2) is 60.2 Å². The van der Waals surface area contributed by atoms with Crippen molar-refractivity contribution in [3.05, 3.63) is 65.8 Å². The van der Waals surface area contributed by atoms with E-state index in [0.29, 0.717) is 12.5 Å². The number of aliphatic hydroxyl groups excluding tert-OH is 1. The van der Waals surface area contributed by atoms with E-state index in [0.717, 1.165) is 17.7 Å². The summed E-state index contributed by atoms with van der Waals surface area (Å²) in [5.41, 5.74) is 2.05. The minimum atomic E-state index is -0.570. The van der Waals surface area contributed by atoms with E-state index in [1.807, 2.05) is 24.3 Å². The number of ether oxygens (including phenoxy) is 1. The monoisotopic (exact) mass is 280 g/mol. The highest BCUT2D eigenvalue weighted by Gasteiger charge is 2.14. The Morgan fingerprint density at radius 2 is 2.00 bits per heavy atom. The first kappa shape index (κ1) is 14.1. The molecule has 21 heavy (non-hydrogen) atoms. The normalized spacial score (nSPS) is 20.7. The van der Waals surface area contributed by atoms with Crippen molar-refractivity contribution < 1.29 is 9.84 Å². The number of rotatable bonds is 3. The van der Waals surface area contributed by atoms with Gasteiger partial charge in [0.15, 0.2) is 0 Å². The lowest BCUT2D eigenvalue weighted by atomic mass is 10.0. The first-order valence-corrected chi connectivity index (χ1v) is 7.36. The molecular formula is C19H20O2. The zero-order valence-electron chi connectivity index (χ0n) is 12.2. The number of hydrogen-bond donors (Lipinski definition) is 1. The minimum Gasteiger partial charge on any atom is -0.385 e. The van der Waals surface area contributed by atoms with Gasteiger partial charge in [-0.15, -0.1) is 0 Å². The molecule has 0 saturated carbocycles. The highest BCUT2D eigenvalue weighted by molar-refractivity contribution is 5.84. The fraction of sp³-hybridized carbons (Fsp3) is 0.263. The summed E-state index contributed by atoms with van der Waals surface area (Å²) in [6.45, 7) is 3.36. The molecule has 1 aliphatic heterocycles. The minimum absolute atomic E-state index is 0.373. The summed E-state index contributed by atoms with van der Waals surface area (Å²) < 4.78 is 5.46. The van der Waals surface area contributed by atoms with Crippen LogP contribution in [0.25, 0.3) is 16.8 Å². The predicted molar refractivity (Wildman–Crippen MR) is 87.1 cm³/mol. The fourth-order valence-electron chi connectivity index (χ4n) is 2.65. The van der Waals surface area contributed by atoms with E-state index in [-0.39, 0.29) is 0 Å². The van der Waals surface area contributed by atoms with E-state index in [1.54, 1.807) is 0 Å². The summed E-state index contributed by atoms with van der Waals surface area (Å²) in [7, 11) is 0. The van der Waals surface area contributed by atoms with Crippen molar-refractivity contribution in [1.29, 1.82) is 0 Å². The van der Waals surface area contributed by atoms with E-state index >= 15 is 0 Å². The number of aliphatic hydroxyl groups is 1. The van der Waals surface area contributed by atoms with Crippen molar-refractivity contribution in [1.82, 2.24) is 0 Å². The average molecular weight is 280 g/mol. The van der Waals surface area contributed by atoms with E-state index < -0.39 is 6.10 Å². The zero-order valence-corrected chi connectivity index (χ0v) is 12.2. The Morgan fingerprint density at radius 3 is 2.81 bits per heavy atom. The summed E-state index contributed by atoms with van der Waals surface area (Å²) in [4.78, 5) is 0. The van der Waals surface area contributed by atoms with Crippen LogP contribution in [0.1, 0.15) is 12.5 Å². The third-order valence-electron chi connectivity index (χ3n) is 3.77. The van der Waals surface area contributed by atoms with Gasteiger partial charge in [-0.3, -0.25) is 0 Å². The van der Waals surface area contributed by atoms with Crippen molar-refractivity contribution in [2.24, 2.45) is 5.92 Å². The van der Waals surface area contributed by atoms with Gasteiger partial charge in [-0.1, -0.05) is 61.5 Å². The number of hydrogen-bond acceptors (Lipinski definition) is 2. The largest absolute Gasteiger partial charge is 0.385 e. The molecule has 3 rings (SSSR count). The molecule has 0 saturated heterocycles. The standard InChI is InChI=1S/C19H20O2/c1-14-10-18(13-21-12-14)19(20)9-7-15-6-8-16-4-2-3-5-17(16)11-15/h2-11,14,19-20H,12-13H2,1H3. The van der Waals surface area contributed by atoms with E-state index in [4.69, 9.17) is 4.74 Å². The number of benzene rings is 2. The zero-order chi connectivity index (χ0) is 14.7. The molecule has 2 heteroatoms. The second-order valence-corrected chi connectivity index (χ2v) is 5.64. The van der Waals surface area contributed by atoms with Gasteiger partial charge >= 0.3 is 0 Å². The molecule has 108 valence electrons. The molecule has 0 fully saturated rings. The van der Waals surface area contributed by atoms with Gasteiger partial charge in [0.1, 0.15) is 0 Å². The lowest BCUT2D eigenvalue weighted by Gasteiger charge is -2.20. The summed E-state index contributed by atoms with van der Waals surface area (Å²) >= 11 is 0. The van der Waals surface area contributed by atoms with Crippen LogP contribution in [-0.4, -0.2) is 24.4 Å². The Morgan fingerprint density at radius 1 is 1.19 bits per heavy atom. The molecule has 0 aliphatic carbocycles. The molecule has 0 aromatic heterocycles. The van der Waals surface area contributed by atoms with Crippen molar-refractivity contribution >= 4 is 16.8 Å². The van der Waals surface area contributed by atoms with Gasteiger partial charge in [0.05, 0.1) is 19.3 Å². The molecule has 1 aliphatic rings. The van der Waals surface area contributed by atoms with Gasteiger partial charge in [-0.05, 0) is 33.9 Å². The molecule has 0 spiro atoms. The molecule has 0 amide bonds. The maximum atomic E-state index is 10.2. The molecule has 2 atom stereocenters. The smallest absolute Gasteiger partial charge is 0.0957 e. The van der Waals surface area contributed by atoms with Crippen molar-refractivity contribution in [2.75, 3.05) is 13.2 Å². The molecule has 2 nitrogen and oxygen atoms in total. The van der Waals surface area contributed by atoms with Gasteiger partial charge in [0.25, 0.3) is 0 Å². The Bertz CT molecular complexity index is 685. The van der Waals surface area contributed by atoms with Gasteiger partial charge in [0.2, 0.25) is 0 Å². The van der Waals surface area contributed by atoms with Crippen LogP contribution in [-0.2, 0) is 4.74 Å². The molecule has 0 radical (unpaired) electrons. The van der Waals surface area contributed by atoms with Crippen LogP contribution in [0, 0.1) is 5.92 Å². The predicted octanol–water partition coefficient (Wildman–Crippen LogP) is 3.81. The highest BCUT2D eigenvalue weighted by Crippen LogP contribution is 2.19. The summed E-state index contributed by atoms with van der Waals surface area (Å²) in [6.07, 6.45) is 5.34. The first-order valence-electron chi connectivity index (χ1n) is 7.36. The van der Waals surface area contributed by atoms with Crippen LogP contribution in [0.3, 0.4) is 0 Å². The Balaban J connectivity index is 1.77. The molecule has 0 bridgehead atoms. The molecule has 2 aromatic rings. The number of fused-ring (bicyclic) bond motifs is 1. The quantitative estimate of drug-likeness (QED) is 0.866. The molecule has 2 aromatic carbocycles. The Hall–Kier alpha value is -1.90. The van der Waals surface area contributed by atoms with E-state index in [9.17, 15) is 5.11 Å². The first-order chi connectivity index (χ1) is 10.2. The Labute approximate surface area is 125 Å². The molecule has 1 N–H and O–H groups in total. The molecule has 2 unspecified atom stereocenters. The maximum absolute atomic E-state index is 10.2. The fourth-order valence-corrected chi connectivity index (χ4v) is 2.65. The third-order valence-corrected chi connectivity index (χ3v) is 3.77. The molecular weight excluding hydrogens is 260 g/mol. The average Bonchev–Trinajstić information content (AvgIpc) is 2.52. The van der Waals surface area contributed by atoms with Crippen LogP contribution in [0.5, 0.6) is 0 Å². The van der Waals surface area contributed by atoms with Crippen molar-refractivity contribution in [3.63, 3.8) is 0 Å². The third kappa shape index (κ3) is 3.41. The summed E-state index contributed by atoms with van der Waals surface area (Å²) in [6, 6.07) is 14.6. The van der Waals surface area contributed by atoms with Crippen molar-refractivity contribution in [2.45, 2.75) is 13.0 Å². The lowest BCUT2D eigenvalue weighted by Crippen LogP contribution is -2.20. The van der Waals surface area contributed by atoms with Crippen LogP contribution in [0.4, 0.5) is 0 Å². The van der Waals surface area contributed by atoms with Gasteiger partial charge in [-0.25, -0.2) is 0 Å². The lowest BCUT2D eigenvalue weighted by molar-refractivity contribution is 0.106. The second-order valence-electron chi connectivity index (χ2n) is 5.64. The van der Waals surface area contributed by atoms with Crippen molar-refractivity contribution in [3.8, 4) is 0 Å². The van der Waals surface area contributed by atoms with E-state index in [2.05, 4.69) is 43.3 Å². The summed E-state index contributed by atoms with van der Waals surface area (Å²) in [5, 5.41) is 12.7. The SMILES string of the molecule is CC1C=C(C(O)C=Cc2ccc3ccccc3c2)COC1. The molecule has 1 heterocycles. The van der Waals surface area contributed by atoms with Gasteiger partial charge in [-0.2, -0.15) is 0 Å².